The Morgan fingerprint density at radius 3 is 2.03 bits per heavy atom. The molecule has 0 aromatic heterocycles. The molecule has 2 aromatic rings. The second-order valence-corrected chi connectivity index (χ2v) is 7.03. The molecule has 1 saturated heterocycles. The third-order valence-electron chi connectivity index (χ3n) is 4.83. The van der Waals surface area contributed by atoms with Gasteiger partial charge in [-0.2, -0.15) is 0 Å². The van der Waals surface area contributed by atoms with Crippen molar-refractivity contribution in [2.24, 2.45) is 5.92 Å². The van der Waals surface area contributed by atoms with Crippen LogP contribution in [0, 0.1) is 19.8 Å². The van der Waals surface area contributed by atoms with Gasteiger partial charge in [-0.05, 0) is 37.1 Å². The molecular weight excluding hydrogens is 374 g/mol. The molecule has 7 heteroatoms. The quantitative estimate of drug-likeness (QED) is 0.548. The van der Waals surface area contributed by atoms with Gasteiger partial charge in [0.1, 0.15) is 5.75 Å². The predicted molar refractivity (Wildman–Crippen MR) is 108 cm³/mol. The molecule has 3 rings (SSSR count). The number of methoxy groups -OCH3 is 3. The lowest BCUT2D eigenvalue weighted by molar-refractivity contribution is -0.139. The van der Waals surface area contributed by atoms with Crippen LogP contribution in [-0.2, 0) is 9.59 Å². The Morgan fingerprint density at radius 1 is 0.931 bits per heavy atom. The van der Waals surface area contributed by atoms with E-state index in [1.54, 1.807) is 24.3 Å². The summed E-state index contributed by atoms with van der Waals surface area (Å²) >= 11 is 0. The maximum absolute atomic E-state index is 12.6. The van der Waals surface area contributed by atoms with E-state index in [-0.39, 0.29) is 18.9 Å². The van der Waals surface area contributed by atoms with Crippen molar-refractivity contribution in [3.63, 3.8) is 0 Å². The van der Waals surface area contributed by atoms with Gasteiger partial charge >= 0.3 is 5.97 Å². The topological polar surface area (TPSA) is 74.3 Å². The fraction of sp³-hybridized carbons (Fsp3) is 0.364. The van der Waals surface area contributed by atoms with Gasteiger partial charge in [-0.25, -0.2) is 0 Å². The molecule has 0 radical (unpaired) electrons. The molecule has 0 aliphatic carbocycles. The van der Waals surface area contributed by atoms with E-state index < -0.39 is 11.9 Å². The smallest absolute Gasteiger partial charge is 0.316 e. The molecule has 1 heterocycles. The lowest BCUT2D eigenvalue weighted by Gasteiger charge is -2.20. The zero-order valence-electron chi connectivity index (χ0n) is 17.3. The zero-order chi connectivity index (χ0) is 21.1. The van der Waals surface area contributed by atoms with Crippen LogP contribution in [0.1, 0.15) is 17.5 Å². The number of rotatable bonds is 6. The molecule has 1 amide bonds. The highest BCUT2D eigenvalue weighted by molar-refractivity contribution is 6.00. The Kier molecular flexibility index (Phi) is 5.96. The van der Waals surface area contributed by atoms with E-state index in [1.165, 1.54) is 26.2 Å². The van der Waals surface area contributed by atoms with Crippen molar-refractivity contribution < 1.29 is 28.5 Å². The summed E-state index contributed by atoms with van der Waals surface area (Å²) in [4.78, 5) is 26.8. The molecule has 1 unspecified atom stereocenters. The van der Waals surface area contributed by atoms with Crippen LogP contribution in [0.5, 0.6) is 23.0 Å². The SMILES string of the molecule is COc1cc(N2CC(C(=O)Oc3cc(C)cc(C)c3)CC2=O)cc(OC)c1OC. The van der Waals surface area contributed by atoms with Gasteiger partial charge in [0.2, 0.25) is 11.7 Å². The van der Waals surface area contributed by atoms with E-state index in [0.717, 1.165) is 11.1 Å². The van der Waals surface area contributed by atoms with Crippen LogP contribution in [0.3, 0.4) is 0 Å². The molecule has 29 heavy (non-hydrogen) atoms. The summed E-state index contributed by atoms with van der Waals surface area (Å²) < 4.78 is 21.6. The van der Waals surface area contributed by atoms with Gasteiger partial charge in [-0.15, -0.1) is 0 Å². The van der Waals surface area contributed by atoms with Gasteiger partial charge in [0.05, 0.1) is 32.9 Å². The Labute approximate surface area is 170 Å². The number of anilines is 1. The standard InChI is InChI=1S/C22H25NO6/c1-13-6-14(2)8-17(7-13)29-22(25)15-9-20(24)23(12-15)16-10-18(26-3)21(28-5)19(11-16)27-4/h6-8,10-11,15H,9,12H2,1-5H3. The van der Waals surface area contributed by atoms with Gasteiger partial charge in [-0.1, -0.05) is 6.07 Å². The zero-order valence-corrected chi connectivity index (χ0v) is 17.3. The molecule has 1 aliphatic rings. The number of carbonyl (C=O) groups excluding carboxylic acids is 2. The number of aryl methyl sites for hydroxylation is 2. The first-order chi connectivity index (χ1) is 13.9. The predicted octanol–water partition coefficient (Wildman–Crippen LogP) is 3.29. The van der Waals surface area contributed by atoms with E-state index in [9.17, 15) is 9.59 Å². The van der Waals surface area contributed by atoms with Crippen LogP contribution in [0.25, 0.3) is 0 Å². The van der Waals surface area contributed by atoms with Crippen molar-refractivity contribution in [1.82, 2.24) is 0 Å². The largest absolute Gasteiger partial charge is 0.493 e. The van der Waals surface area contributed by atoms with Crippen LogP contribution >= 0.6 is 0 Å². The van der Waals surface area contributed by atoms with E-state index >= 15 is 0 Å². The summed E-state index contributed by atoms with van der Waals surface area (Å²) in [6, 6.07) is 8.99. The van der Waals surface area contributed by atoms with Gasteiger partial charge in [0.25, 0.3) is 0 Å². The first-order valence-corrected chi connectivity index (χ1v) is 9.26. The Morgan fingerprint density at radius 2 is 1.52 bits per heavy atom. The van der Waals surface area contributed by atoms with Gasteiger partial charge in [-0.3, -0.25) is 9.59 Å². The fourth-order valence-electron chi connectivity index (χ4n) is 3.53. The third-order valence-corrected chi connectivity index (χ3v) is 4.83. The lowest BCUT2D eigenvalue weighted by atomic mass is 10.1. The minimum atomic E-state index is -0.553. The molecule has 0 N–H and O–H groups in total. The van der Waals surface area contributed by atoms with Crippen molar-refractivity contribution in [2.75, 3.05) is 32.8 Å². The summed E-state index contributed by atoms with van der Waals surface area (Å²) in [7, 11) is 4.54. The second-order valence-electron chi connectivity index (χ2n) is 7.03. The average molecular weight is 399 g/mol. The van der Waals surface area contributed by atoms with Gasteiger partial charge in [0.15, 0.2) is 11.5 Å². The van der Waals surface area contributed by atoms with Crippen LogP contribution in [0.2, 0.25) is 0 Å². The first-order valence-electron chi connectivity index (χ1n) is 9.26. The summed E-state index contributed by atoms with van der Waals surface area (Å²) in [5, 5.41) is 0. The Balaban J connectivity index is 1.80. The molecular formula is C22H25NO6. The van der Waals surface area contributed by atoms with E-state index in [0.29, 0.717) is 28.7 Å². The van der Waals surface area contributed by atoms with Gasteiger partial charge < -0.3 is 23.8 Å². The molecule has 1 fully saturated rings. The average Bonchev–Trinajstić information content (AvgIpc) is 3.07. The minimum Gasteiger partial charge on any atom is -0.493 e. The van der Waals surface area contributed by atoms with Crippen LogP contribution in [0.15, 0.2) is 30.3 Å². The number of esters is 1. The number of ether oxygens (including phenoxy) is 4. The van der Waals surface area contributed by atoms with Crippen molar-refractivity contribution in [1.29, 1.82) is 0 Å². The normalized spacial score (nSPS) is 16.0. The molecule has 0 saturated carbocycles. The van der Waals surface area contributed by atoms with Crippen LogP contribution in [0.4, 0.5) is 5.69 Å². The summed E-state index contributed by atoms with van der Waals surface area (Å²) in [6.45, 7) is 4.10. The number of benzene rings is 2. The van der Waals surface area contributed by atoms with Crippen molar-refractivity contribution in [3.05, 3.63) is 41.5 Å². The molecule has 154 valence electrons. The number of hydrogen-bond donors (Lipinski definition) is 0. The number of amides is 1. The van der Waals surface area contributed by atoms with E-state index in [4.69, 9.17) is 18.9 Å². The van der Waals surface area contributed by atoms with Crippen molar-refractivity contribution in [2.45, 2.75) is 20.3 Å². The van der Waals surface area contributed by atoms with Gasteiger partial charge in [0, 0.05) is 25.1 Å². The maximum atomic E-state index is 12.6. The maximum Gasteiger partial charge on any atom is 0.316 e. The first kappa shape index (κ1) is 20.5. The number of hydrogen-bond acceptors (Lipinski definition) is 6. The number of nitrogens with zero attached hydrogens (tertiary/aromatic N) is 1. The Hall–Kier alpha value is -3.22. The summed E-state index contributed by atoms with van der Waals surface area (Å²) in [6.07, 6.45) is 0.0836. The molecule has 7 nitrogen and oxygen atoms in total. The van der Waals surface area contributed by atoms with Crippen LogP contribution in [-0.4, -0.2) is 39.8 Å². The van der Waals surface area contributed by atoms with Crippen LogP contribution < -0.4 is 23.8 Å². The van der Waals surface area contributed by atoms with Crippen molar-refractivity contribution in [3.8, 4) is 23.0 Å². The third kappa shape index (κ3) is 4.29. The highest BCUT2D eigenvalue weighted by atomic mass is 16.5. The molecule has 0 bridgehead atoms. The Bertz CT molecular complexity index is 894. The summed E-state index contributed by atoms with van der Waals surface area (Å²) in [5.74, 6) is 0.677. The molecule has 0 spiro atoms. The molecule has 1 atom stereocenters. The highest BCUT2D eigenvalue weighted by Gasteiger charge is 2.37. The molecule has 2 aromatic carbocycles. The monoisotopic (exact) mass is 399 g/mol. The van der Waals surface area contributed by atoms with E-state index in [1.807, 2.05) is 19.9 Å². The minimum absolute atomic E-state index is 0.0836. The summed E-state index contributed by atoms with van der Waals surface area (Å²) in [5.41, 5.74) is 2.59. The second kappa shape index (κ2) is 8.43. The highest BCUT2D eigenvalue weighted by Crippen LogP contribution is 2.42. The van der Waals surface area contributed by atoms with Crippen molar-refractivity contribution >= 4 is 17.6 Å². The number of carbonyl (C=O) groups is 2. The lowest BCUT2D eigenvalue weighted by Crippen LogP contribution is -2.27. The molecule has 1 aliphatic heterocycles. The fourth-order valence-corrected chi connectivity index (χ4v) is 3.53. The van der Waals surface area contributed by atoms with E-state index in [2.05, 4.69) is 0 Å².